The van der Waals surface area contributed by atoms with Gasteiger partial charge in [0.05, 0.1) is 0 Å². The SMILES string of the molecule is CCN(CC)CCC(=O)N1CCN(C(=O)Nc2ccc(Cl)cc2)CC1. The van der Waals surface area contributed by atoms with E-state index in [4.69, 9.17) is 11.6 Å². The van der Waals surface area contributed by atoms with Gasteiger partial charge in [0, 0.05) is 49.9 Å². The molecule has 1 heterocycles. The molecule has 2 rings (SSSR count). The molecule has 0 unspecified atom stereocenters. The van der Waals surface area contributed by atoms with E-state index in [9.17, 15) is 9.59 Å². The van der Waals surface area contributed by atoms with Gasteiger partial charge in [-0.1, -0.05) is 25.4 Å². The molecular formula is C18H27ClN4O2. The Kier molecular flexibility index (Phi) is 7.52. The van der Waals surface area contributed by atoms with E-state index in [1.807, 2.05) is 4.90 Å². The van der Waals surface area contributed by atoms with Crippen molar-refractivity contribution in [2.75, 3.05) is 51.1 Å². The molecule has 1 aliphatic rings. The highest BCUT2D eigenvalue weighted by Crippen LogP contribution is 2.14. The first-order valence-corrected chi connectivity index (χ1v) is 9.23. The number of amides is 3. The van der Waals surface area contributed by atoms with Gasteiger partial charge in [0.25, 0.3) is 0 Å². The molecule has 0 bridgehead atoms. The van der Waals surface area contributed by atoms with Gasteiger partial charge in [0.1, 0.15) is 0 Å². The molecule has 1 aromatic rings. The molecule has 1 aliphatic heterocycles. The number of anilines is 1. The van der Waals surface area contributed by atoms with Crippen LogP contribution in [0.5, 0.6) is 0 Å². The van der Waals surface area contributed by atoms with Crippen LogP contribution in [0.15, 0.2) is 24.3 Å². The van der Waals surface area contributed by atoms with E-state index in [0.717, 1.165) is 19.6 Å². The summed E-state index contributed by atoms with van der Waals surface area (Å²) in [5.74, 6) is 0.171. The Hall–Kier alpha value is -1.79. The molecule has 0 aliphatic carbocycles. The van der Waals surface area contributed by atoms with E-state index in [2.05, 4.69) is 24.1 Å². The molecule has 6 nitrogen and oxygen atoms in total. The maximum atomic E-state index is 12.3. The van der Waals surface area contributed by atoms with E-state index in [0.29, 0.717) is 43.3 Å². The maximum Gasteiger partial charge on any atom is 0.321 e. The Morgan fingerprint density at radius 1 is 1.04 bits per heavy atom. The molecule has 0 spiro atoms. The van der Waals surface area contributed by atoms with Crippen LogP contribution >= 0.6 is 11.6 Å². The van der Waals surface area contributed by atoms with Crippen LogP contribution in [0.2, 0.25) is 5.02 Å². The predicted octanol–water partition coefficient (Wildman–Crippen LogP) is 2.75. The fourth-order valence-electron chi connectivity index (χ4n) is 2.85. The lowest BCUT2D eigenvalue weighted by molar-refractivity contribution is -0.132. The van der Waals surface area contributed by atoms with Gasteiger partial charge < -0.3 is 20.0 Å². The van der Waals surface area contributed by atoms with Gasteiger partial charge in [-0.3, -0.25) is 4.79 Å². The Morgan fingerprint density at radius 2 is 1.60 bits per heavy atom. The Morgan fingerprint density at radius 3 is 2.16 bits per heavy atom. The lowest BCUT2D eigenvalue weighted by atomic mass is 10.2. The van der Waals surface area contributed by atoms with Crippen LogP contribution in [0.3, 0.4) is 0 Å². The van der Waals surface area contributed by atoms with Crippen molar-refractivity contribution in [2.24, 2.45) is 0 Å². The molecule has 0 saturated carbocycles. The van der Waals surface area contributed by atoms with Crippen molar-refractivity contribution in [1.29, 1.82) is 0 Å². The minimum absolute atomic E-state index is 0.141. The summed E-state index contributed by atoms with van der Waals surface area (Å²) in [5, 5.41) is 3.49. The summed E-state index contributed by atoms with van der Waals surface area (Å²) in [4.78, 5) is 30.4. The number of hydrogen-bond acceptors (Lipinski definition) is 3. The molecule has 1 saturated heterocycles. The number of rotatable bonds is 6. The zero-order valence-corrected chi connectivity index (χ0v) is 15.8. The van der Waals surface area contributed by atoms with Gasteiger partial charge in [0.15, 0.2) is 0 Å². The lowest BCUT2D eigenvalue weighted by Crippen LogP contribution is -2.52. The van der Waals surface area contributed by atoms with Gasteiger partial charge in [-0.2, -0.15) is 0 Å². The van der Waals surface area contributed by atoms with Crippen molar-refractivity contribution in [3.8, 4) is 0 Å². The fourth-order valence-corrected chi connectivity index (χ4v) is 2.97. The number of halogens is 1. The Bertz CT molecular complexity index is 567. The molecule has 1 aromatic carbocycles. The van der Waals surface area contributed by atoms with Gasteiger partial charge in [-0.25, -0.2) is 4.79 Å². The molecule has 7 heteroatoms. The predicted molar refractivity (Wildman–Crippen MR) is 101 cm³/mol. The molecular weight excluding hydrogens is 340 g/mol. The number of piperazine rings is 1. The van der Waals surface area contributed by atoms with E-state index in [1.165, 1.54) is 0 Å². The lowest BCUT2D eigenvalue weighted by Gasteiger charge is -2.35. The number of carbonyl (C=O) groups excluding carboxylic acids is 2. The number of hydrogen-bond donors (Lipinski definition) is 1. The average molecular weight is 367 g/mol. The van der Waals surface area contributed by atoms with Crippen LogP contribution in [-0.2, 0) is 4.79 Å². The third kappa shape index (κ3) is 5.90. The largest absolute Gasteiger partial charge is 0.339 e. The van der Waals surface area contributed by atoms with Crippen LogP contribution in [0.4, 0.5) is 10.5 Å². The Balaban J connectivity index is 1.75. The van der Waals surface area contributed by atoms with Crippen molar-refractivity contribution >= 4 is 29.2 Å². The first-order valence-electron chi connectivity index (χ1n) is 8.85. The van der Waals surface area contributed by atoms with Gasteiger partial charge in [-0.05, 0) is 37.4 Å². The summed E-state index contributed by atoms with van der Waals surface area (Å²) in [6.45, 7) is 9.20. The van der Waals surface area contributed by atoms with Crippen LogP contribution in [0, 0.1) is 0 Å². The van der Waals surface area contributed by atoms with Gasteiger partial charge >= 0.3 is 6.03 Å². The van der Waals surface area contributed by atoms with Crippen LogP contribution < -0.4 is 5.32 Å². The van der Waals surface area contributed by atoms with E-state index in [1.54, 1.807) is 29.2 Å². The topological polar surface area (TPSA) is 55.9 Å². The fraction of sp³-hybridized carbons (Fsp3) is 0.556. The molecule has 1 N–H and O–H groups in total. The molecule has 0 aromatic heterocycles. The molecule has 1 fully saturated rings. The molecule has 3 amide bonds. The van der Waals surface area contributed by atoms with Crippen LogP contribution in [-0.4, -0.2) is 72.5 Å². The zero-order valence-electron chi connectivity index (χ0n) is 15.0. The average Bonchev–Trinajstić information content (AvgIpc) is 2.64. The quantitative estimate of drug-likeness (QED) is 0.842. The summed E-state index contributed by atoms with van der Waals surface area (Å²) in [5.41, 5.74) is 0.715. The zero-order chi connectivity index (χ0) is 18.2. The highest BCUT2D eigenvalue weighted by atomic mass is 35.5. The number of benzene rings is 1. The monoisotopic (exact) mass is 366 g/mol. The van der Waals surface area contributed by atoms with Gasteiger partial charge in [0.2, 0.25) is 5.91 Å². The molecule has 0 atom stereocenters. The highest BCUT2D eigenvalue weighted by molar-refractivity contribution is 6.30. The third-order valence-electron chi connectivity index (χ3n) is 4.55. The summed E-state index contributed by atoms with van der Waals surface area (Å²) in [6.07, 6.45) is 0.540. The second-order valence-corrected chi connectivity index (χ2v) is 6.52. The third-order valence-corrected chi connectivity index (χ3v) is 4.80. The number of nitrogens with zero attached hydrogens (tertiary/aromatic N) is 3. The molecule has 138 valence electrons. The van der Waals surface area contributed by atoms with Gasteiger partial charge in [-0.15, -0.1) is 0 Å². The standard InChI is InChI=1S/C18H27ClN4O2/c1-3-21(4-2)10-9-17(24)22-11-13-23(14-12-22)18(25)20-16-7-5-15(19)6-8-16/h5-8H,3-4,9-14H2,1-2H3,(H,20,25). The highest BCUT2D eigenvalue weighted by Gasteiger charge is 2.24. The smallest absolute Gasteiger partial charge is 0.321 e. The van der Waals surface area contributed by atoms with E-state index < -0.39 is 0 Å². The maximum absolute atomic E-state index is 12.3. The second-order valence-electron chi connectivity index (χ2n) is 6.08. The molecule has 25 heavy (non-hydrogen) atoms. The number of nitrogens with one attached hydrogen (secondary N) is 1. The number of carbonyl (C=O) groups is 2. The van der Waals surface area contributed by atoms with Crippen LogP contribution in [0.25, 0.3) is 0 Å². The molecule has 0 radical (unpaired) electrons. The van der Waals surface area contributed by atoms with Crippen molar-refractivity contribution in [2.45, 2.75) is 20.3 Å². The summed E-state index contributed by atoms with van der Waals surface area (Å²) < 4.78 is 0. The van der Waals surface area contributed by atoms with Crippen molar-refractivity contribution in [1.82, 2.24) is 14.7 Å². The Labute approximate surface area is 154 Å². The van der Waals surface area contributed by atoms with E-state index in [-0.39, 0.29) is 11.9 Å². The van der Waals surface area contributed by atoms with E-state index >= 15 is 0 Å². The second kappa shape index (κ2) is 9.63. The minimum Gasteiger partial charge on any atom is -0.339 e. The number of urea groups is 1. The summed E-state index contributed by atoms with van der Waals surface area (Å²) in [6, 6.07) is 6.88. The van der Waals surface area contributed by atoms with Crippen molar-refractivity contribution in [3.05, 3.63) is 29.3 Å². The normalized spacial score (nSPS) is 14.7. The summed E-state index contributed by atoms with van der Waals surface area (Å²) >= 11 is 5.84. The summed E-state index contributed by atoms with van der Waals surface area (Å²) in [7, 11) is 0. The van der Waals surface area contributed by atoms with Crippen LogP contribution in [0.1, 0.15) is 20.3 Å². The first kappa shape index (κ1) is 19.5. The van der Waals surface area contributed by atoms with Crippen molar-refractivity contribution in [3.63, 3.8) is 0 Å². The van der Waals surface area contributed by atoms with Crippen molar-refractivity contribution < 1.29 is 9.59 Å². The first-order chi connectivity index (χ1) is 12.0. The minimum atomic E-state index is -0.141.